The molecule has 0 spiro atoms. The molecule has 4 nitrogen and oxygen atoms in total. The minimum Gasteiger partial charge on any atom is -0.398 e. The molecule has 1 saturated heterocycles. The Morgan fingerprint density at radius 2 is 2.17 bits per heavy atom. The van der Waals surface area contributed by atoms with Crippen molar-refractivity contribution in [1.29, 1.82) is 0 Å². The van der Waals surface area contributed by atoms with E-state index >= 15 is 0 Å². The average molecular weight is 248 g/mol. The molecule has 2 N–H and O–H groups in total. The van der Waals surface area contributed by atoms with E-state index in [9.17, 15) is 4.79 Å². The van der Waals surface area contributed by atoms with Crippen molar-refractivity contribution in [1.82, 2.24) is 4.90 Å². The van der Waals surface area contributed by atoms with Gasteiger partial charge < -0.3 is 15.4 Å². The number of hydrogen-bond donors (Lipinski definition) is 1. The Morgan fingerprint density at radius 3 is 2.83 bits per heavy atom. The van der Waals surface area contributed by atoms with Gasteiger partial charge in [-0.25, -0.2) is 0 Å². The van der Waals surface area contributed by atoms with E-state index in [2.05, 4.69) is 6.92 Å². The number of methoxy groups -OCH3 is 1. The quantitative estimate of drug-likeness (QED) is 0.811. The molecule has 1 fully saturated rings. The SMILES string of the molecule is COC1CN(C(=O)c2ccccc2N)CCC1C. The number of ether oxygens (including phenoxy) is 1. The van der Waals surface area contributed by atoms with Crippen LogP contribution in [0.2, 0.25) is 0 Å². The van der Waals surface area contributed by atoms with Crippen molar-refractivity contribution in [2.45, 2.75) is 19.4 Å². The van der Waals surface area contributed by atoms with Crippen molar-refractivity contribution < 1.29 is 9.53 Å². The van der Waals surface area contributed by atoms with Crippen molar-refractivity contribution in [3.8, 4) is 0 Å². The minimum absolute atomic E-state index is 0.00190. The molecule has 2 rings (SSSR count). The number of nitrogens with two attached hydrogens (primary N) is 1. The molecule has 0 saturated carbocycles. The topological polar surface area (TPSA) is 55.6 Å². The Hall–Kier alpha value is -1.55. The fourth-order valence-corrected chi connectivity index (χ4v) is 2.39. The molecule has 1 aliphatic heterocycles. The second kappa shape index (κ2) is 5.40. The lowest BCUT2D eigenvalue weighted by molar-refractivity contribution is -0.00152. The number of carbonyl (C=O) groups excluding carboxylic acids is 1. The summed E-state index contributed by atoms with van der Waals surface area (Å²) in [5.41, 5.74) is 6.97. The van der Waals surface area contributed by atoms with Crippen molar-refractivity contribution in [2.75, 3.05) is 25.9 Å². The molecule has 0 bridgehead atoms. The van der Waals surface area contributed by atoms with Crippen molar-refractivity contribution >= 4 is 11.6 Å². The zero-order valence-corrected chi connectivity index (χ0v) is 10.9. The summed E-state index contributed by atoms with van der Waals surface area (Å²) in [6.07, 6.45) is 1.09. The number of anilines is 1. The molecule has 2 unspecified atom stereocenters. The van der Waals surface area contributed by atoms with E-state index in [0.717, 1.165) is 13.0 Å². The van der Waals surface area contributed by atoms with E-state index in [1.54, 1.807) is 19.2 Å². The normalized spacial score (nSPS) is 24.0. The maximum atomic E-state index is 12.4. The summed E-state index contributed by atoms with van der Waals surface area (Å²) in [7, 11) is 1.70. The highest BCUT2D eigenvalue weighted by Crippen LogP contribution is 2.22. The van der Waals surface area contributed by atoms with Gasteiger partial charge in [-0.1, -0.05) is 19.1 Å². The largest absolute Gasteiger partial charge is 0.398 e. The van der Waals surface area contributed by atoms with Gasteiger partial charge in [-0.15, -0.1) is 0 Å². The highest BCUT2D eigenvalue weighted by molar-refractivity contribution is 5.99. The predicted octanol–water partition coefficient (Wildman–Crippen LogP) is 1.77. The van der Waals surface area contributed by atoms with E-state index in [-0.39, 0.29) is 12.0 Å². The molecule has 0 aromatic heterocycles. The molecule has 18 heavy (non-hydrogen) atoms. The fraction of sp³-hybridized carbons (Fsp3) is 0.500. The van der Waals surface area contributed by atoms with Crippen LogP contribution in [0.4, 0.5) is 5.69 Å². The summed E-state index contributed by atoms with van der Waals surface area (Å²) < 4.78 is 5.42. The number of rotatable bonds is 2. The lowest BCUT2D eigenvalue weighted by Crippen LogP contribution is -2.46. The van der Waals surface area contributed by atoms with Gasteiger partial charge in [-0.2, -0.15) is 0 Å². The number of hydrogen-bond acceptors (Lipinski definition) is 3. The Morgan fingerprint density at radius 1 is 1.44 bits per heavy atom. The molecule has 1 amide bonds. The van der Waals surface area contributed by atoms with E-state index in [1.165, 1.54) is 0 Å². The first-order chi connectivity index (χ1) is 8.63. The van der Waals surface area contributed by atoms with Crippen LogP contribution in [0.5, 0.6) is 0 Å². The van der Waals surface area contributed by atoms with Crippen LogP contribution in [0.3, 0.4) is 0 Å². The smallest absolute Gasteiger partial charge is 0.256 e. The highest BCUT2D eigenvalue weighted by atomic mass is 16.5. The molecular formula is C14H20N2O2. The first kappa shape index (κ1) is 12.9. The molecule has 0 radical (unpaired) electrons. The summed E-state index contributed by atoms with van der Waals surface area (Å²) in [6, 6.07) is 7.21. The Balaban J connectivity index is 2.13. The number of likely N-dealkylation sites (tertiary alicyclic amines) is 1. The molecule has 2 atom stereocenters. The molecule has 1 aromatic carbocycles. The third-order valence-corrected chi connectivity index (χ3v) is 3.67. The van der Waals surface area contributed by atoms with Gasteiger partial charge >= 0.3 is 0 Å². The van der Waals surface area contributed by atoms with E-state index in [0.29, 0.717) is 23.7 Å². The number of amides is 1. The fourth-order valence-electron chi connectivity index (χ4n) is 2.39. The maximum absolute atomic E-state index is 12.4. The first-order valence-electron chi connectivity index (χ1n) is 6.30. The Bertz CT molecular complexity index is 434. The van der Waals surface area contributed by atoms with Gasteiger partial charge in [0.1, 0.15) is 0 Å². The molecule has 1 aliphatic rings. The van der Waals surface area contributed by atoms with Crippen LogP contribution in [0.15, 0.2) is 24.3 Å². The van der Waals surface area contributed by atoms with E-state index in [1.807, 2.05) is 17.0 Å². The van der Waals surface area contributed by atoms with Gasteiger partial charge in [0.2, 0.25) is 0 Å². The van der Waals surface area contributed by atoms with Crippen molar-refractivity contribution in [3.63, 3.8) is 0 Å². The van der Waals surface area contributed by atoms with Crippen molar-refractivity contribution in [2.24, 2.45) is 5.92 Å². The number of para-hydroxylation sites is 1. The third-order valence-electron chi connectivity index (χ3n) is 3.67. The Labute approximate surface area is 108 Å². The summed E-state index contributed by atoms with van der Waals surface area (Å²) >= 11 is 0. The number of nitrogens with zero attached hydrogens (tertiary/aromatic N) is 1. The molecule has 4 heteroatoms. The first-order valence-corrected chi connectivity index (χ1v) is 6.30. The van der Waals surface area contributed by atoms with Gasteiger partial charge in [0.25, 0.3) is 5.91 Å². The van der Waals surface area contributed by atoms with Crippen LogP contribution in [0.25, 0.3) is 0 Å². The van der Waals surface area contributed by atoms with Crippen LogP contribution >= 0.6 is 0 Å². The zero-order valence-electron chi connectivity index (χ0n) is 10.9. The maximum Gasteiger partial charge on any atom is 0.256 e. The van der Waals surface area contributed by atoms with Gasteiger partial charge in [0.15, 0.2) is 0 Å². The second-order valence-electron chi connectivity index (χ2n) is 4.88. The lowest BCUT2D eigenvalue weighted by atomic mass is 9.95. The van der Waals surface area contributed by atoms with Crippen LogP contribution in [-0.2, 0) is 4.74 Å². The highest BCUT2D eigenvalue weighted by Gasteiger charge is 2.29. The number of nitrogen functional groups attached to an aromatic ring is 1. The summed E-state index contributed by atoms with van der Waals surface area (Å²) in [6.45, 7) is 3.58. The monoisotopic (exact) mass is 248 g/mol. The van der Waals surface area contributed by atoms with Crippen LogP contribution in [0, 0.1) is 5.92 Å². The summed E-state index contributed by atoms with van der Waals surface area (Å²) in [4.78, 5) is 14.2. The molecule has 1 aromatic rings. The number of benzene rings is 1. The standard InChI is InChI=1S/C14H20N2O2/c1-10-7-8-16(9-13(10)18-2)14(17)11-5-3-4-6-12(11)15/h3-6,10,13H,7-9,15H2,1-2H3. The van der Waals surface area contributed by atoms with Gasteiger partial charge in [0, 0.05) is 25.9 Å². The average Bonchev–Trinajstić information content (AvgIpc) is 2.39. The lowest BCUT2D eigenvalue weighted by Gasteiger charge is -2.36. The Kier molecular flexibility index (Phi) is 3.87. The number of carbonyl (C=O) groups is 1. The van der Waals surface area contributed by atoms with Crippen LogP contribution in [-0.4, -0.2) is 37.1 Å². The zero-order chi connectivity index (χ0) is 13.1. The molecule has 98 valence electrons. The van der Waals surface area contributed by atoms with Crippen molar-refractivity contribution in [3.05, 3.63) is 29.8 Å². The van der Waals surface area contributed by atoms with E-state index in [4.69, 9.17) is 10.5 Å². The molecular weight excluding hydrogens is 228 g/mol. The minimum atomic E-state index is 0.00190. The predicted molar refractivity (Wildman–Crippen MR) is 71.3 cm³/mol. The summed E-state index contributed by atoms with van der Waals surface area (Å²) in [5.74, 6) is 0.495. The van der Waals surface area contributed by atoms with Gasteiger partial charge in [-0.05, 0) is 24.5 Å². The molecule has 0 aliphatic carbocycles. The second-order valence-corrected chi connectivity index (χ2v) is 4.88. The number of piperidine rings is 1. The third kappa shape index (κ3) is 2.48. The van der Waals surface area contributed by atoms with Crippen LogP contribution < -0.4 is 5.73 Å². The van der Waals surface area contributed by atoms with Crippen LogP contribution in [0.1, 0.15) is 23.7 Å². The van der Waals surface area contributed by atoms with E-state index < -0.39 is 0 Å². The summed E-state index contributed by atoms with van der Waals surface area (Å²) in [5, 5.41) is 0. The van der Waals surface area contributed by atoms with Gasteiger partial charge in [-0.3, -0.25) is 4.79 Å². The van der Waals surface area contributed by atoms with Gasteiger partial charge in [0.05, 0.1) is 11.7 Å². The molecule has 1 heterocycles.